The van der Waals surface area contributed by atoms with Crippen LogP contribution in [0.4, 0.5) is 0 Å². The van der Waals surface area contributed by atoms with Gasteiger partial charge in [0.2, 0.25) is 5.91 Å². The molecular formula is C18H25NO3. The lowest BCUT2D eigenvalue weighted by atomic mass is 9.96. The zero-order valence-electron chi connectivity index (χ0n) is 13.6. The van der Waals surface area contributed by atoms with Gasteiger partial charge in [-0.15, -0.1) is 0 Å². The van der Waals surface area contributed by atoms with E-state index >= 15 is 0 Å². The molecule has 4 heteroatoms. The molecule has 1 fully saturated rings. The number of ketones is 1. The molecule has 120 valence electrons. The van der Waals surface area contributed by atoms with Crippen molar-refractivity contribution in [3.63, 3.8) is 0 Å². The highest BCUT2D eigenvalue weighted by atomic mass is 16.3. The zero-order chi connectivity index (χ0) is 16.3. The van der Waals surface area contributed by atoms with Gasteiger partial charge >= 0.3 is 0 Å². The van der Waals surface area contributed by atoms with Crippen LogP contribution in [0.25, 0.3) is 0 Å². The number of aryl methyl sites for hydroxylation is 2. The minimum atomic E-state index is -0.541. The molecule has 0 aromatic heterocycles. The van der Waals surface area contributed by atoms with E-state index < -0.39 is 5.54 Å². The van der Waals surface area contributed by atoms with E-state index in [1.165, 1.54) is 0 Å². The first-order valence-electron chi connectivity index (χ1n) is 7.88. The van der Waals surface area contributed by atoms with Crippen molar-refractivity contribution < 1.29 is 14.7 Å². The van der Waals surface area contributed by atoms with E-state index in [1.807, 2.05) is 39.0 Å². The van der Waals surface area contributed by atoms with Gasteiger partial charge in [-0.2, -0.15) is 0 Å². The Hall–Kier alpha value is -1.68. The van der Waals surface area contributed by atoms with Crippen LogP contribution < -0.4 is 5.32 Å². The summed E-state index contributed by atoms with van der Waals surface area (Å²) >= 11 is 0. The van der Waals surface area contributed by atoms with E-state index in [9.17, 15) is 14.7 Å². The minimum Gasteiger partial charge on any atom is -0.394 e. The van der Waals surface area contributed by atoms with Crippen molar-refractivity contribution >= 4 is 11.7 Å². The Kier molecular flexibility index (Phi) is 5.01. The third kappa shape index (κ3) is 3.95. The molecule has 0 spiro atoms. The van der Waals surface area contributed by atoms with E-state index in [-0.39, 0.29) is 31.1 Å². The molecule has 4 nitrogen and oxygen atoms in total. The molecule has 22 heavy (non-hydrogen) atoms. The number of aliphatic hydroxyl groups excluding tert-OH is 1. The molecule has 0 heterocycles. The Morgan fingerprint density at radius 1 is 1.23 bits per heavy atom. The van der Waals surface area contributed by atoms with E-state index in [4.69, 9.17) is 0 Å². The topological polar surface area (TPSA) is 66.4 Å². The number of carbonyl (C=O) groups excluding carboxylic acids is 2. The van der Waals surface area contributed by atoms with E-state index in [1.54, 1.807) is 0 Å². The summed E-state index contributed by atoms with van der Waals surface area (Å²) in [5.74, 6) is 0.174. The van der Waals surface area contributed by atoms with Gasteiger partial charge in [-0.25, -0.2) is 0 Å². The highest BCUT2D eigenvalue weighted by Crippen LogP contribution is 2.39. The summed E-state index contributed by atoms with van der Waals surface area (Å²) < 4.78 is 0. The Labute approximate surface area is 131 Å². The Morgan fingerprint density at radius 3 is 2.45 bits per heavy atom. The van der Waals surface area contributed by atoms with Gasteiger partial charge in [0, 0.05) is 18.4 Å². The monoisotopic (exact) mass is 303 g/mol. The van der Waals surface area contributed by atoms with Crippen molar-refractivity contribution in [1.82, 2.24) is 5.32 Å². The van der Waals surface area contributed by atoms with Gasteiger partial charge in [-0.1, -0.05) is 12.1 Å². The molecule has 1 aromatic carbocycles. The highest BCUT2D eigenvalue weighted by Gasteiger charge is 2.42. The predicted octanol–water partition coefficient (Wildman–Crippen LogP) is 2.54. The summed E-state index contributed by atoms with van der Waals surface area (Å²) in [7, 11) is 0. The maximum absolute atomic E-state index is 12.2. The number of carbonyl (C=O) groups is 2. The number of hydrogen-bond acceptors (Lipinski definition) is 3. The van der Waals surface area contributed by atoms with Crippen LogP contribution in [0.1, 0.15) is 54.1 Å². The van der Waals surface area contributed by atoms with Crippen LogP contribution in [-0.2, 0) is 4.79 Å². The van der Waals surface area contributed by atoms with Gasteiger partial charge in [0.15, 0.2) is 5.78 Å². The van der Waals surface area contributed by atoms with Gasteiger partial charge in [0.05, 0.1) is 12.1 Å². The first-order valence-corrected chi connectivity index (χ1v) is 7.88. The molecule has 0 bridgehead atoms. The van der Waals surface area contributed by atoms with Crippen molar-refractivity contribution in [2.45, 2.75) is 52.0 Å². The Morgan fingerprint density at radius 2 is 1.91 bits per heavy atom. The first-order chi connectivity index (χ1) is 10.4. The summed E-state index contributed by atoms with van der Waals surface area (Å²) in [6, 6.07) is 5.61. The second-order valence-corrected chi connectivity index (χ2v) is 6.62. The van der Waals surface area contributed by atoms with Crippen LogP contribution in [0.5, 0.6) is 0 Å². The summed E-state index contributed by atoms with van der Waals surface area (Å²) in [5, 5.41) is 12.4. The fraction of sp³-hybridized carbons (Fsp3) is 0.556. The molecule has 2 rings (SSSR count). The largest absolute Gasteiger partial charge is 0.394 e. The number of hydrogen-bond donors (Lipinski definition) is 2. The van der Waals surface area contributed by atoms with Gasteiger partial charge in [0.1, 0.15) is 0 Å². The van der Waals surface area contributed by atoms with Crippen molar-refractivity contribution in [1.29, 1.82) is 0 Å². The summed E-state index contributed by atoms with van der Waals surface area (Å²) in [6.07, 6.45) is 2.44. The molecule has 1 atom stereocenters. The molecule has 0 radical (unpaired) electrons. The number of rotatable bonds is 7. The quantitative estimate of drug-likeness (QED) is 0.761. The average Bonchev–Trinajstić information content (AvgIpc) is 3.32. The standard InChI is InChI=1S/C18H25NO3/c1-12-4-5-14(10-13(12)2)16(21)8-9-17(22)19-18(3,11-20)15-6-7-15/h4-5,10,15,20H,6-9,11H2,1-3H3,(H,19,22). The van der Waals surface area contributed by atoms with E-state index in [2.05, 4.69) is 5.32 Å². The molecule has 1 aliphatic rings. The number of benzene rings is 1. The first kappa shape index (κ1) is 16.7. The maximum Gasteiger partial charge on any atom is 0.220 e. The lowest BCUT2D eigenvalue weighted by molar-refractivity contribution is -0.123. The molecule has 1 aromatic rings. The molecule has 0 saturated heterocycles. The fourth-order valence-electron chi connectivity index (χ4n) is 2.66. The number of Topliss-reactive ketones (excluding diaryl/α,β-unsaturated/α-hetero) is 1. The molecule has 1 unspecified atom stereocenters. The van der Waals surface area contributed by atoms with E-state index in [0.29, 0.717) is 11.5 Å². The lowest BCUT2D eigenvalue weighted by Gasteiger charge is -2.28. The van der Waals surface area contributed by atoms with Crippen LogP contribution in [0, 0.1) is 19.8 Å². The van der Waals surface area contributed by atoms with Gasteiger partial charge in [-0.05, 0) is 56.7 Å². The SMILES string of the molecule is Cc1ccc(C(=O)CCC(=O)NC(C)(CO)C2CC2)cc1C. The van der Waals surface area contributed by atoms with Crippen molar-refractivity contribution in [3.8, 4) is 0 Å². The van der Waals surface area contributed by atoms with Crippen molar-refractivity contribution in [2.24, 2.45) is 5.92 Å². The number of nitrogens with one attached hydrogen (secondary N) is 1. The molecule has 1 aliphatic carbocycles. The maximum atomic E-state index is 12.2. The van der Waals surface area contributed by atoms with Crippen LogP contribution in [0.2, 0.25) is 0 Å². The lowest BCUT2D eigenvalue weighted by Crippen LogP contribution is -2.50. The molecule has 1 amide bonds. The Bertz CT molecular complexity index is 578. The van der Waals surface area contributed by atoms with Crippen molar-refractivity contribution in [3.05, 3.63) is 34.9 Å². The fourth-order valence-corrected chi connectivity index (χ4v) is 2.66. The van der Waals surface area contributed by atoms with Crippen LogP contribution in [-0.4, -0.2) is 28.9 Å². The zero-order valence-corrected chi connectivity index (χ0v) is 13.6. The predicted molar refractivity (Wildman–Crippen MR) is 85.8 cm³/mol. The summed E-state index contributed by atoms with van der Waals surface area (Å²) in [5.41, 5.74) is 2.35. The number of aliphatic hydroxyl groups is 1. The average molecular weight is 303 g/mol. The highest BCUT2D eigenvalue weighted by molar-refractivity contribution is 5.98. The van der Waals surface area contributed by atoms with Gasteiger partial charge in [-0.3, -0.25) is 9.59 Å². The third-order valence-corrected chi connectivity index (χ3v) is 4.64. The van der Waals surface area contributed by atoms with Crippen LogP contribution in [0.15, 0.2) is 18.2 Å². The van der Waals surface area contributed by atoms with Crippen molar-refractivity contribution in [2.75, 3.05) is 6.61 Å². The van der Waals surface area contributed by atoms with Gasteiger partial charge < -0.3 is 10.4 Å². The van der Waals surface area contributed by atoms with Crippen LogP contribution in [0.3, 0.4) is 0 Å². The number of amides is 1. The second kappa shape index (κ2) is 6.61. The normalized spacial score (nSPS) is 16.9. The minimum absolute atomic E-state index is 0.0182. The third-order valence-electron chi connectivity index (χ3n) is 4.64. The second-order valence-electron chi connectivity index (χ2n) is 6.62. The molecule has 1 saturated carbocycles. The molecule has 2 N–H and O–H groups in total. The smallest absolute Gasteiger partial charge is 0.220 e. The van der Waals surface area contributed by atoms with Gasteiger partial charge in [0.25, 0.3) is 0 Å². The molecule has 0 aliphatic heterocycles. The Balaban J connectivity index is 1.87. The van der Waals surface area contributed by atoms with Crippen LogP contribution >= 0.6 is 0 Å². The van der Waals surface area contributed by atoms with E-state index in [0.717, 1.165) is 24.0 Å². The summed E-state index contributed by atoms with van der Waals surface area (Å²) in [6.45, 7) is 5.79. The summed E-state index contributed by atoms with van der Waals surface area (Å²) in [4.78, 5) is 24.2. The molecular weight excluding hydrogens is 278 g/mol.